The normalized spacial score (nSPS) is 17.3. The molecule has 1 aromatic carbocycles. The quantitative estimate of drug-likeness (QED) is 0.669. The van der Waals surface area contributed by atoms with E-state index < -0.39 is 0 Å². The molecule has 2 aliphatic rings. The Morgan fingerprint density at radius 3 is 2.20 bits per heavy atom. The number of nitrogens with zero attached hydrogens (tertiary/aromatic N) is 5. The van der Waals surface area contributed by atoms with Crippen molar-refractivity contribution in [1.29, 1.82) is 0 Å². The van der Waals surface area contributed by atoms with E-state index in [0.717, 1.165) is 11.1 Å². The van der Waals surface area contributed by atoms with E-state index in [0.29, 0.717) is 50.0 Å². The molecule has 0 atom stereocenters. The smallest absolute Gasteiger partial charge is 0.277 e. The summed E-state index contributed by atoms with van der Waals surface area (Å²) in [5.74, 6) is 0.169. The summed E-state index contributed by atoms with van der Waals surface area (Å²) < 4.78 is 5.10. The fraction of sp³-hybridized carbons (Fsp3) is 0.364. The largest absolute Gasteiger partial charge is 0.383 e. The van der Waals surface area contributed by atoms with Gasteiger partial charge >= 0.3 is 0 Å². The van der Waals surface area contributed by atoms with Gasteiger partial charge in [0.25, 0.3) is 11.8 Å². The summed E-state index contributed by atoms with van der Waals surface area (Å²) in [6.07, 6.45) is 3.44. The van der Waals surface area contributed by atoms with Crippen LogP contribution < -0.4 is 4.90 Å². The molecule has 4 rings (SSSR count). The Bertz CT molecular complexity index is 950. The lowest BCUT2D eigenvalue weighted by molar-refractivity contribution is -0.138. The van der Waals surface area contributed by atoms with E-state index in [-0.39, 0.29) is 18.4 Å². The lowest BCUT2D eigenvalue weighted by atomic mass is 10.0. The fourth-order valence-electron chi connectivity index (χ4n) is 3.81. The van der Waals surface area contributed by atoms with Crippen LogP contribution in [0.2, 0.25) is 0 Å². The Morgan fingerprint density at radius 1 is 0.933 bits per heavy atom. The number of aromatic nitrogens is 2. The molecule has 8 heteroatoms. The van der Waals surface area contributed by atoms with Gasteiger partial charge in [-0.3, -0.25) is 14.5 Å². The molecule has 0 bridgehead atoms. The third-order valence-electron chi connectivity index (χ3n) is 5.43. The molecule has 0 unspecified atom stereocenters. The average Bonchev–Trinajstić information content (AvgIpc) is 3.03. The molecule has 1 fully saturated rings. The Morgan fingerprint density at radius 2 is 1.57 bits per heavy atom. The molecule has 0 saturated carbocycles. The molecular weight excluding hydrogens is 382 g/mol. The van der Waals surface area contributed by atoms with Gasteiger partial charge in [0.05, 0.1) is 18.7 Å². The molecule has 0 spiro atoms. The Kier molecular flexibility index (Phi) is 5.76. The second kappa shape index (κ2) is 8.62. The summed E-state index contributed by atoms with van der Waals surface area (Å²) in [5.41, 5.74) is 2.82. The zero-order valence-corrected chi connectivity index (χ0v) is 17.2. The van der Waals surface area contributed by atoms with Crippen molar-refractivity contribution in [3.63, 3.8) is 0 Å². The highest BCUT2D eigenvalue weighted by atomic mass is 16.5. The van der Waals surface area contributed by atoms with E-state index in [9.17, 15) is 9.59 Å². The molecule has 2 aromatic rings. The van der Waals surface area contributed by atoms with Gasteiger partial charge < -0.3 is 14.5 Å². The first kappa shape index (κ1) is 20.0. The first-order valence-electron chi connectivity index (χ1n) is 10.0. The van der Waals surface area contributed by atoms with E-state index in [2.05, 4.69) is 14.9 Å². The number of amides is 2. The molecular formula is C22H25N5O3. The number of benzene rings is 1. The maximum atomic E-state index is 13.2. The summed E-state index contributed by atoms with van der Waals surface area (Å²) in [6.45, 7) is 5.12. The maximum absolute atomic E-state index is 13.2. The Labute approximate surface area is 175 Å². The van der Waals surface area contributed by atoms with Gasteiger partial charge in [-0.1, -0.05) is 29.8 Å². The van der Waals surface area contributed by atoms with E-state index >= 15 is 0 Å². The van der Waals surface area contributed by atoms with Crippen LogP contribution in [0.5, 0.6) is 0 Å². The molecule has 156 valence electrons. The summed E-state index contributed by atoms with van der Waals surface area (Å²) in [4.78, 5) is 40.4. The van der Waals surface area contributed by atoms with Crippen molar-refractivity contribution in [2.75, 3.05) is 51.3 Å². The fourth-order valence-corrected chi connectivity index (χ4v) is 3.81. The van der Waals surface area contributed by atoms with Crippen LogP contribution in [-0.2, 0) is 14.3 Å². The van der Waals surface area contributed by atoms with Gasteiger partial charge in [-0.25, -0.2) is 9.97 Å². The lowest BCUT2D eigenvalue weighted by Crippen LogP contribution is -2.48. The van der Waals surface area contributed by atoms with Crippen molar-refractivity contribution >= 4 is 23.3 Å². The van der Waals surface area contributed by atoms with Crippen LogP contribution in [0.15, 0.2) is 48.4 Å². The van der Waals surface area contributed by atoms with Gasteiger partial charge in [0.15, 0.2) is 0 Å². The van der Waals surface area contributed by atoms with Crippen molar-refractivity contribution in [2.24, 2.45) is 0 Å². The third-order valence-corrected chi connectivity index (χ3v) is 5.43. The maximum Gasteiger partial charge on any atom is 0.277 e. The zero-order valence-electron chi connectivity index (χ0n) is 17.2. The van der Waals surface area contributed by atoms with Crippen LogP contribution in [0.3, 0.4) is 0 Å². The molecule has 0 N–H and O–H groups in total. The topological polar surface area (TPSA) is 78.9 Å². The average molecular weight is 407 g/mol. The van der Waals surface area contributed by atoms with Crippen molar-refractivity contribution in [3.8, 4) is 0 Å². The van der Waals surface area contributed by atoms with Crippen molar-refractivity contribution in [2.45, 2.75) is 6.92 Å². The molecule has 8 nitrogen and oxygen atoms in total. The molecule has 1 saturated heterocycles. The standard InChI is InChI=1S/C22H25N5O3/c1-16-4-6-17(7-5-16)18-19(21(29)27(20(18)28)14-15-30-2)25-10-12-26(13-11-25)22-23-8-3-9-24-22/h3-9H,10-15H2,1-2H3. The Hall–Kier alpha value is -3.26. The molecule has 0 aliphatic carbocycles. The number of ether oxygens (including phenoxy) is 1. The number of piperazine rings is 1. The number of hydrogen-bond acceptors (Lipinski definition) is 7. The third kappa shape index (κ3) is 3.78. The van der Waals surface area contributed by atoms with Crippen LogP contribution >= 0.6 is 0 Å². The number of methoxy groups -OCH3 is 1. The molecule has 30 heavy (non-hydrogen) atoms. The van der Waals surface area contributed by atoms with Gasteiger partial charge in [0.1, 0.15) is 5.70 Å². The highest BCUT2D eigenvalue weighted by Gasteiger charge is 2.42. The number of anilines is 1. The predicted octanol–water partition coefficient (Wildman–Crippen LogP) is 1.33. The number of aryl methyl sites for hydroxylation is 1. The van der Waals surface area contributed by atoms with Crippen molar-refractivity contribution in [1.82, 2.24) is 19.8 Å². The van der Waals surface area contributed by atoms with E-state index in [4.69, 9.17) is 4.74 Å². The summed E-state index contributed by atoms with van der Waals surface area (Å²) in [7, 11) is 1.56. The first-order valence-corrected chi connectivity index (χ1v) is 10.0. The number of carbonyl (C=O) groups excluding carboxylic acids is 2. The van der Waals surface area contributed by atoms with Gasteiger partial charge in [-0.15, -0.1) is 0 Å². The second-order valence-electron chi connectivity index (χ2n) is 7.37. The van der Waals surface area contributed by atoms with Gasteiger partial charge in [-0.05, 0) is 18.6 Å². The van der Waals surface area contributed by atoms with Crippen LogP contribution in [0, 0.1) is 6.92 Å². The minimum Gasteiger partial charge on any atom is -0.383 e. The SMILES string of the molecule is COCCN1C(=O)C(c2ccc(C)cc2)=C(N2CCN(c3ncccn3)CC2)C1=O. The predicted molar refractivity (Wildman–Crippen MR) is 113 cm³/mol. The molecule has 1 aromatic heterocycles. The van der Waals surface area contributed by atoms with Crippen LogP contribution in [0.25, 0.3) is 5.57 Å². The highest BCUT2D eigenvalue weighted by molar-refractivity contribution is 6.35. The lowest BCUT2D eigenvalue weighted by Gasteiger charge is -2.36. The van der Waals surface area contributed by atoms with E-state index in [1.165, 1.54) is 4.90 Å². The van der Waals surface area contributed by atoms with Crippen molar-refractivity contribution in [3.05, 3.63) is 59.5 Å². The highest BCUT2D eigenvalue weighted by Crippen LogP contribution is 2.32. The first-order chi connectivity index (χ1) is 14.6. The molecule has 2 aliphatic heterocycles. The van der Waals surface area contributed by atoms with Gasteiger partial charge in [-0.2, -0.15) is 0 Å². The molecule has 3 heterocycles. The monoisotopic (exact) mass is 407 g/mol. The summed E-state index contributed by atoms with van der Waals surface area (Å²) in [5, 5.41) is 0. The second-order valence-corrected chi connectivity index (χ2v) is 7.37. The molecule has 2 amide bonds. The minimum absolute atomic E-state index is 0.241. The van der Waals surface area contributed by atoms with Crippen LogP contribution in [0.4, 0.5) is 5.95 Å². The minimum atomic E-state index is -0.260. The van der Waals surface area contributed by atoms with Gasteiger partial charge in [0.2, 0.25) is 5.95 Å². The van der Waals surface area contributed by atoms with Crippen LogP contribution in [-0.4, -0.2) is 78.0 Å². The number of imide groups is 1. The van der Waals surface area contributed by atoms with E-state index in [1.54, 1.807) is 25.6 Å². The summed E-state index contributed by atoms with van der Waals surface area (Å²) in [6, 6.07) is 9.52. The molecule has 0 radical (unpaired) electrons. The van der Waals surface area contributed by atoms with Gasteiger partial charge in [0, 0.05) is 45.7 Å². The van der Waals surface area contributed by atoms with Crippen molar-refractivity contribution < 1.29 is 14.3 Å². The number of rotatable bonds is 6. The summed E-state index contributed by atoms with van der Waals surface area (Å²) >= 11 is 0. The number of carbonyl (C=O) groups is 2. The Balaban J connectivity index is 1.62. The van der Waals surface area contributed by atoms with E-state index in [1.807, 2.05) is 36.1 Å². The zero-order chi connectivity index (χ0) is 21.1. The van der Waals surface area contributed by atoms with Crippen LogP contribution in [0.1, 0.15) is 11.1 Å². The number of hydrogen-bond donors (Lipinski definition) is 0.